The van der Waals surface area contributed by atoms with E-state index < -0.39 is 0 Å². The number of hydrogen-bond acceptors (Lipinski definition) is 3. The maximum atomic E-state index is 4.81. The topological polar surface area (TPSA) is 29.0 Å². The molecule has 2 heterocycles. The second kappa shape index (κ2) is 8.64. The molecule has 0 N–H and O–H groups in total. The van der Waals surface area contributed by atoms with Crippen LogP contribution in [-0.4, -0.2) is 21.4 Å². The quantitative estimate of drug-likeness (QED) is 0.735. The number of hydrogen-bond donors (Lipinski definition) is 0. The minimum Gasteiger partial charge on any atom is -0.292 e. The first-order valence-electron chi connectivity index (χ1n) is 8.24. The Kier molecular flexibility index (Phi) is 6.53. The third-order valence-corrected chi connectivity index (χ3v) is 3.52. The lowest BCUT2D eigenvalue weighted by Gasteiger charge is -2.21. The maximum Gasteiger partial charge on any atom is 0.0547 e. The zero-order valence-corrected chi connectivity index (χ0v) is 14.0. The lowest BCUT2D eigenvalue weighted by molar-refractivity contribution is 0.251. The van der Waals surface area contributed by atoms with E-state index in [0.717, 1.165) is 43.9 Å². The summed E-state index contributed by atoms with van der Waals surface area (Å²) in [6, 6.07) is 12.5. The second-order valence-electron chi connectivity index (χ2n) is 6.25. The third kappa shape index (κ3) is 5.57. The van der Waals surface area contributed by atoms with E-state index in [1.54, 1.807) is 0 Å². The Morgan fingerprint density at radius 3 is 2.36 bits per heavy atom. The fourth-order valence-corrected chi connectivity index (χ4v) is 2.63. The maximum absolute atomic E-state index is 4.81. The van der Waals surface area contributed by atoms with Crippen molar-refractivity contribution in [2.45, 2.75) is 46.7 Å². The van der Waals surface area contributed by atoms with Crippen LogP contribution in [0.4, 0.5) is 0 Å². The third-order valence-electron chi connectivity index (χ3n) is 3.52. The Balaban J connectivity index is 2.04. The van der Waals surface area contributed by atoms with Crippen LogP contribution in [0.5, 0.6) is 0 Å². The van der Waals surface area contributed by atoms with Gasteiger partial charge in [0.15, 0.2) is 0 Å². The van der Waals surface area contributed by atoms with E-state index in [1.165, 1.54) is 5.69 Å². The molecule has 0 bridgehead atoms. The van der Waals surface area contributed by atoms with Crippen LogP contribution in [0, 0.1) is 5.92 Å². The van der Waals surface area contributed by atoms with Crippen LogP contribution in [0.2, 0.25) is 0 Å². The number of aromatic nitrogens is 2. The molecular weight excluding hydrogens is 270 g/mol. The summed E-state index contributed by atoms with van der Waals surface area (Å²) in [6.07, 6.45) is 4.04. The monoisotopic (exact) mass is 297 g/mol. The van der Waals surface area contributed by atoms with Gasteiger partial charge in [0.05, 0.1) is 11.4 Å². The molecule has 0 saturated carbocycles. The van der Waals surface area contributed by atoms with Gasteiger partial charge in [0.1, 0.15) is 0 Å². The molecule has 3 heteroatoms. The largest absolute Gasteiger partial charge is 0.292 e. The molecule has 0 aliphatic rings. The highest BCUT2D eigenvalue weighted by Crippen LogP contribution is 2.10. The van der Waals surface area contributed by atoms with Crippen molar-refractivity contribution < 1.29 is 0 Å². The second-order valence-corrected chi connectivity index (χ2v) is 6.25. The standard InChI is InChI=1S/C19H27N3/c1-4-12-22(14-18-8-5-6-11-20-18)15-19-10-7-9-17(21-19)13-16(2)3/h5-11,16H,4,12-15H2,1-3H3. The number of nitrogens with zero attached hydrogens (tertiary/aromatic N) is 3. The lowest BCUT2D eigenvalue weighted by Crippen LogP contribution is -2.24. The number of pyridine rings is 2. The molecule has 0 unspecified atom stereocenters. The van der Waals surface area contributed by atoms with E-state index in [2.05, 4.69) is 54.9 Å². The minimum atomic E-state index is 0.642. The van der Waals surface area contributed by atoms with Gasteiger partial charge in [-0.3, -0.25) is 14.9 Å². The van der Waals surface area contributed by atoms with Crippen molar-refractivity contribution in [2.75, 3.05) is 6.54 Å². The first-order valence-corrected chi connectivity index (χ1v) is 8.24. The van der Waals surface area contributed by atoms with E-state index in [0.29, 0.717) is 5.92 Å². The molecule has 0 amide bonds. The van der Waals surface area contributed by atoms with Crippen molar-refractivity contribution in [1.82, 2.24) is 14.9 Å². The summed E-state index contributed by atoms with van der Waals surface area (Å²) >= 11 is 0. The molecule has 0 saturated heterocycles. The van der Waals surface area contributed by atoms with E-state index in [-0.39, 0.29) is 0 Å². The summed E-state index contributed by atoms with van der Waals surface area (Å²) in [5, 5.41) is 0. The van der Waals surface area contributed by atoms with Gasteiger partial charge in [0, 0.05) is 25.0 Å². The summed E-state index contributed by atoms with van der Waals surface area (Å²) < 4.78 is 0. The molecule has 2 aromatic rings. The Hall–Kier alpha value is -1.74. The van der Waals surface area contributed by atoms with Gasteiger partial charge in [-0.15, -0.1) is 0 Å². The molecule has 22 heavy (non-hydrogen) atoms. The Labute approximate surface area is 134 Å². The van der Waals surface area contributed by atoms with E-state index in [1.807, 2.05) is 18.3 Å². The Bertz CT molecular complexity index is 552. The first-order chi connectivity index (χ1) is 10.7. The highest BCUT2D eigenvalue weighted by Gasteiger charge is 2.09. The van der Waals surface area contributed by atoms with Crippen molar-refractivity contribution in [3.8, 4) is 0 Å². The van der Waals surface area contributed by atoms with Crippen LogP contribution in [0.1, 0.15) is 44.3 Å². The lowest BCUT2D eigenvalue weighted by atomic mass is 10.1. The van der Waals surface area contributed by atoms with Crippen molar-refractivity contribution in [3.63, 3.8) is 0 Å². The smallest absolute Gasteiger partial charge is 0.0547 e. The summed E-state index contributed by atoms with van der Waals surface area (Å²) in [6.45, 7) is 9.51. The van der Waals surface area contributed by atoms with Crippen molar-refractivity contribution in [1.29, 1.82) is 0 Å². The predicted molar refractivity (Wildman–Crippen MR) is 91.4 cm³/mol. The average Bonchev–Trinajstić information content (AvgIpc) is 2.48. The molecule has 0 aromatic carbocycles. The SMILES string of the molecule is CCCN(Cc1ccccn1)Cc1cccc(CC(C)C)n1. The van der Waals surface area contributed by atoms with E-state index >= 15 is 0 Å². The zero-order valence-electron chi connectivity index (χ0n) is 14.0. The summed E-state index contributed by atoms with van der Waals surface area (Å²) in [5.41, 5.74) is 3.47. The molecule has 118 valence electrons. The van der Waals surface area contributed by atoms with Crippen LogP contribution in [0.3, 0.4) is 0 Å². The van der Waals surface area contributed by atoms with Crippen molar-refractivity contribution >= 4 is 0 Å². The first kappa shape index (κ1) is 16.6. The Morgan fingerprint density at radius 1 is 0.955 bits per heavy atom. The zero-order chi connectivity index (χ0) is 15.8. The fourth-order valence-electron chi connectivity index (χ4n) is 2.63. The van der Waals surface area contributed by atoms with Gasteiger partial charge in [-0.1, -0.05) is 32.9 Å². The van der Waals surface area contributed by atoms with Gasteiger partial charge in [-0.25, -0.2) is 0 Å². The van der Waals surface area contributed by atoms with Crippen LogP contribution in [0.25, 0.3) is 0 Å². The van der Waals surface area contributed by atoms with Crippen molar-refractivity contribution in [2.24, 2.45) is 5.92 Å². The van der Waals surface area contributed by atoms with Gasteiger partial charge < -0.3 is 0 Å². The summed E-state index contributed by atoms with van der Waals surface area (Å²) in [5.74, 6) is 0.642. The van der Waals surface area contributed by atoms with E-state index in [9.17, 15) is 0 Å². The van der Waals surface area contributed by atoms with Gasteiger partial charge in [-0.05, 0) is 49.6 Å². The molecular formula is C19H27N3. The molecule has 0 fully saturated rings. The van der Waals surface area contributed by atoms with Gasteiger partial charge in [0.2, 0.25) is 0 Å². The van der Waals surface area contributed by atoms with Gasteiger partial charge in [0.25, 0.3) is 0 Å². The predicted octanol–water partition coefficient (Wildman–Crippen LogP) is 4.09. The summed E-state index contributed by atoms with van der Waals surface area (Å²) in [7, 11) is 0. The Morgan fingerprint density at radius 2 is 1.68 bits per heavy atom. The molecule has 3 nitrogen and oxygen atoms in total. The fraction of sp³-hybridized carbons (Fsp3) is 0.474. The highest BCUT2D eigenvalue weighted by molar-refractivity contribution is 5.12. The van der Waals surface area contributed by atoms with Gasteiger partial charge >= 0.3 is 0 Å². The van der Waals surface area contributed by atoms with Crippen LogP contribution >= 0.6 is 0 Å². The molecule has 0 atom stereocenters. The molecule has 0 aliphatic carbocycles. The molecule has 2 aromatic heterocycles. The molecule has 2 rings (SSSR count). The highest BCUT2D eigenvalue weighted by atomic mass is 15.1. The minimum absolute atomic E-state index is 0.642. The molecule has 0 aliphatic heterocycles. The summed E-state index contributed by atoms with van der Waals surface area (Å²) in [4.78, 5) is 11.7. The normalized spacial score (nSPS) is 11.3. The van der Waals surface area contributed by atoms with E-state index in [4.69, 9.17) is 4.98 Å². The van der Waals surface area contributed by atoms with Crippen LogP contribution in [0.15, 0.2) is 42.6 Å². The van der Waals surface area contributed by atoms with Gasteiger partial charge in [-0.2, -0.15) is 0 Å². The van der Waals surface area contributed by atoms with Crippen LogP contribution < -0.4 is 0 Å². The number of rotatable bonds is 8. The average molecular weight is 297 g/mol. The molecule has 0 spiro atoms. The molecule has 0 radical (unpaired) electrons. The van der Waals surface area contributed by atoms with Crippen molar-refractivity contribution in [3.05, 3.63) is 59.7 Å². The van der Waals surface area contributed by atoms with Crippen LogP contribution in [-0.2, 0) is 19.5 Å².